The molecule has 0 atom stereocenters. The molecular formula is C14H22N2. The highest BCUT2D eigenvalue weighted by Crippen LogP contribution is 2.22. The molecular weight excluding hydrogens is 196 g/mol. The van der Waals surface area contributed by atoms with E-state index in [1.54, 1.807) is 0 Å². The molecule has 1 aliphatic rings. The molecule has 0 aliphatic carbocycles. The Morgan fingerprint density at radius 3 is 2.50 bits per heavy atom. The highest BCUT2D eigenvalue weighted by atomic mass is 15.5. The van der Waals surface area contributed by atoms with E-state index >= 15 is 0 Å². The van der Waals surface area contributed by atoms with Crippen LogP contribution in [0, 0.1) is 5.92 Å². The van der Waals surface area contributed by atoms with Gasteiger partial charge < -0.3 is 5.43 Å². The summed E-state index contributed by atoms with van der Waals surface area (Å²) in [6, 6.07) is 10.5. The number of piperidine rings is 1. The Bertz CT molecular complexity index is 289. The number of benzene rings is 1. The molecule has 0 spiro atoms. The van der Waals surface area contributed by atoms with Gasteiger partial charge in [-0.25, -0.2) is 5.01 Å². The van der Waals surface area contributed by atoms with E-state index in [4.69, 9.17) is 0 Å². The summed E-state index contributed by atoms with van der Waals surface area (Å²) in [5, 5.41) is 2.35. The molecule has 0 radical (unpaired) electrons. The van der Waals surface area contributed by atoms with E-state index in [1.807, 2.05) is 0 Å². The summed E-state index contributed by atoms with van der Waals surface area (Å²) in [6.07, 6.45) is 5.41. The number of hydrogen-bond donors (Lipinski definition) is 1. The number of hydrogen-bond acceptors (Lipinski definition) is 2. The molecule has 88 valence electrons. The minimum atomic E-state index is 0.957. The molecule has 0 bridgehead atoms. The number of nitrogens with zero attached hydrogens (tertiary/aromatic N) is 1. The normalized spacial score (nSPS) is 18.6. The zero-order valence-electron chi connectivity index (χ0n) is 10.2. The maximum absolute atomic E-state index is 3.48. The van der Waals surface area contributed by atoms with Gasteiger partial charge >= 0.3 is 0 Å². The van der Waals surface area contributed by atoms with Crippen LogP contribution in [0.1, 0.15) is 32.6 Å². The van der Waals surface area contributed by atoms with E-state index in [0.29, 0.717) is 0 Å². The highest BCUT2D eigenvalue weighted by Gasteiger charge is 2.17. The maximum Gasteiger partial charge on any atom is 0.0490 e. The molecule has 1 heterocycles. The average Bonchev–Trinajstić information content (AvgIpc) is 2.33. The zero-order chi connectivity index (χ0) is 11.2. The van der Waals surface area contributed by atoms with Gasteiger partial charge in [-0.1, -0.05) is 38.0 Å². The van der Waals surface area contributed by atoms with Crippen molar-refractivity contribution in [1.29, 1.82) is 0 Å². The first-order chi connectivity index (χ1) is 7.88. The number of anilines is 1. The lowest BCUT2D eigenvalue weighted by Gasteiger charge is -2.32. The Morgan fingerprint density at radius 1 is 1.19 bits per heavy atom. The van der Waals surface area contributed by atoms with Crippen molar-refractivity contribution in [3.8, 4) is 0 Å². The van der Waals surface area contributed by atoms with Gasteiger partial charge in [-0.15, -0.1) is 0 Å². The molecule has 1 aromatic rings. The molecule has 2 rings (SSSR count). The van der Waals surface area contributed by atoms with Crippen LogP contribution in [0.5, 0.6) is 0 Å². The number of nitrogens with one attached hydrogen (secondary N) is 1. The van der Waals surface area contributed by atoms with E-state index in [-0.39, 0.29) is 0 Å². The molecule has 2 nitrogen and oxygen atoms in total. The summed E-state index contributed by atoms with van der Waals surface area (Å²) in [7, 11) is 0. The molecule has 1 aliphatic heterocycles. The first-order valence-corrected chi connectivity index (χ1v) is 6.45. The fraction of sp³-hybridized carbons (Fsp3) is 0.571. The molecule has 0 saturated carbocycles. The third-order valence-electron chi connectivity index (χ3n) is 3.37. The van der Waals surface area contributed by atoms with Crippen LogP contribution in [-0.4, -0.2) is 18.1 Å². The molecule has 0 aromatic heterocycles. The van der Waals surface area contributed by atoms with Crippen molar-refractivity contribution < 1.29 is 0 Å². The summed E-state index contributed by atoms with van der Waals surface area (Å²) in [5.41, 5.74) is 4.68. The van der Waals surface area contributed by atoms with Crippen LogP contribution < -0.4 is 5.43 Å². The molecule has 0 unspecified atom stereocenters. The Morgan fingerprint density at radius 2 is 1.88 bits per heavy atom. The SMILES string of the molecule is CCCC1CCN(Nc2ccccc2)CC1. The van der Waals surface area contributed by atoms with Gasteiger partial charge in [0.05, 0.1) is 0 Å². The van der Waals surface area contributed by atoms with Gasteiger partial charge in [0, 0.05) is 18.8 Å². The minimum Gasteiger partial charge on any atom is -0.319 e. The molecule has 16 heavy (non-hydrogen) atoms. The van der Waals surface area contributed by atoms with Crippen molar-refractivity contribution in [1.82, 2.24) is 5.01 Å². The summed E-state index contributed by atoms with van der Waals surface area (Å²) in [6.45, 7) is 4.65. The topological polar surface area (TPSA) is 15.3 Å². The quantitative estimate of drug-likeness (QED) is 0.831. The van der Waals surface area contributed by atoms with Crippen molar-refractivity contribution in [3.63, 3.8) is 0 Å². The van der Waals surface area contributed by atoms with Crippen molar-refractivity contribution in [2.45, 2.75) is 32.6 Å². The van der Waals surface area contributed by atoms with Gasteiger partial charge in [0.25, 0.3) is 0 Å². The predicted molar refractivity (Wildman–Crippen MR) is 69.3 cm³/mol. The summed E-state index contributed by atoms with van der Waals surface area (Å²) in [5.74, 6) is 0.957. The van der Waals surface area contributed by atoms with Gasteiger partial charge in [0.15, 0.2) is 0 Å². The lowest BCUT2D eigenvalue weighted by Crippen LogP contribution is -2.37. The number of para-hydroxylation sites is 1. The smallest absolute Gasteiger partial charge is 0.0490 e. The van der Waals surface area contributed by atoms with Gasteiger partial charge in [-0.3, -0.25) is 0 Å². The van der Waals surface area contributed by atoms with Crippen LogP contribution in [0.25, 0.3) is 0 Å². The van der Waals surface area contributed by atoms with E-state index < -0.39 is 0 Å². The summed E-state index contributed by atoms with van der Waals surface area (Å²) >= 11 is 0. The van der Waals surface area contributed by atoms with Crippen LogP contribution in [0.3, 0.4) is 0 Å². The van der Waals surface area contributed by atoms with E-state index in [9.17, 15) is 0 Å². The third kappa shape index (κ3) is 3.24. The fourth-order valence-corrected chi connectivity index (χ4v) is 2.44. The van der Waals surface area contributed by atoms with Crippen LogP contribution in [0.15, 0.2) is 30.3 Å². The summed E-state index contributed by atoms with van der Waals surface area (Å²) in [4.78, 5) is 0. The predicted octanol–water partition coefficient (Wildman–Crippen LogP) is 3.53. The van der Waals surface area contributed by atoms with Gasteiger partial charge in [-0.05, 0) is 30.9 Å². The molecule has 2 heteroatoms. The van der Waals surface area contributed by atoms with Crippen LogP contribution in [0.2, 0.25) is 0 Å². The second-order valence-electron chi connectivity index (χ2n) is 4.70. The van der Waals surface area contributed by atoms with Crippen molar-refractivity contribution in [2.24, 2.45) is 5.92 Å². The van der Waals surface area contributed by atoms with Crippen LogP contribution in [-0.2, 0) is 0 Å². The first kappa shape index (κ1) is 11.5. The molecule has 1 aromatic carbocycles. The van der Waals surface area contributed by atoms with Crippen molar-refractivity contribution >= 4 is 5.69 Å². The largest absolute Gasteiger partial charge is 0.319 e. The van der Waals surface area contributed by atoms with Gasteiger partial charge in [-0.2, -0.15) is 0 Å². The van der Waals surface area contributed by atoms with Crippen molar-refractivity contribution in [3.05, 3.63) is 30.3 Å². The van der Waals surface area contributed by atoms with Gasteiger partial charge in [0.1, 0.15) is 0 Å². The van der Waals surface area contributed by atoms with E-state index in [1.165, 1.54) is 44.5 Å². The first-order valence-electron chi connectivity index (χ1n) is 6.45. The fourth-order valence-electron chi connectivity index (χ4n) is 2.44. The average molecular weight is 218 g/mol. The monoisotopic (exact) mass is 218 g/mol. The Kier molecular flexibility index (Phi) is 4.23. The molecule has 0 amide bonds. The van der Waals surface area contributed by atoms with Crippen LogP contribution >= 0.6 is 0 Å². The molecule has 1 saturated heterocycles. The molecule has 1 N–H and O–H groups in total. The highest BCUT2D eigenvalue weighted by molar-refractivity contribution is 5.41. The Labute approximate surface area is 98.6 Å². The lowest BCUT2D eigenvalue weighted by atomic mass is 9.93. The van der Waals surface area contributed by atoms with Gasteiger partial charge in [0.2, 0.25) is 0 Å². The Hall–Kier alpha value is -1.02. The second kappa shape index (κ2) is 5.90. The standard InChI is InChI=1S/C14H22N2/c1-2-6-13-9-11-16(12-10-13)15-14-7-4-3-5-8-14/h3-5,7-8,13,15H,2,6,9-12H2,1H3. The van der Waals surface area contributed by atoms with E-state index in [2.05, 4.69) is 47.7 Å². The van der Waals surface area contributed by atoms with E-state index in [0.717, 1.165) is 5.92 Å². The van der Waals surface area contributed by atoms with Crippen molar-refractivity contribution in [2.75, 3.05) is 18.5 Å². The Balaban J connectivity index is 1.77. The number of hydrazine groups is 1. The number of rotatable bonds is 4. The summed E-state index contributed by atoms with van der Waals surface area (Å²) < 4.78 is 0. The third-order valence-corrected chi connectivity index (χ3v) is 3.37. The minimum absolute atomic E-state index is 0.957. The second-order valence-corrected chi connectivity index (χ2v) is 4.70. The van der Waals surface area contributed by atoms with Crippen LogP contribution in [0.4, 0.5) is 5.69 Å². The molecule has 1 fully saturated rings. The lowest BCUT2D eigenvalue weighted by molar-refractivity contribution is 0.209. The maximum atomic E-state index is 3.48. The zero-order valence-corrected chi connectivity index (χ0v) is 10.2.